The van der Waals surface area contributed by atoms with E-state index in [0.29, 0.717) is 0 Å². The fraction of sp³-hybridized carbons (Fsp3) is 0.444. The van der Waals surface area contributed by atoms with Crippen LogP contribution in [0.3, 0.4) is 0 Å². The van der Waals surface area contributed by atoms with Gasteiger partial charge in [-0.3, -0.25) is 0 Å². The van der Waals surface area contributed by atoms with Gasteiger partial charge in [0.25, 0.3) is 0 Å². The molecular weight excluding hydrogens is 224 g/mol. The summed E-state index contributed by atoms with van der Waals surface area (Å²) in [6.45, 7) is 1.37. The van der Waals surface area contributed by atoms with Crippen molar-refractivity contribution in [1.29, 1.82) is 0 Å². The number of alkyl halides is 2. The van der Waals surface area contributed by atoms with Crippen LogP contribution in [-0.4, -0.2) is 18.5 Å². The molecule has 1 heterocycles. The molecule has 0 bridgehead atoms. The lowest BCUT2D eigenvalue weighted by Crippen LogP contribution is -2.41. The number of carbonyl (C=O) groups is 1. The highest BCUT2D eigenvalue weighted by atomic mass is 32.1. The van der Waals surface area contributed by atoms with E-state index in [4.69, 9.17) is 5.73 Å². The zero-order valence-electron chi connectivity index (χ0n) is 8.07. The van der Waals surface area contributed by atoms with Crippen molar-refractivity contribution >= 4 is 17.3 Å². The average molecular weight is 235 g/mol. The molecule has 0 fully saturated rings. The smallest absolute Gasteiger partial charge is 0.379 e. The minimum atomic E-state index is -3.68. The molecule has 0 amide bonds. The van der Waals surface area contributed by atoms with Gasteiger partial charge in [-0.1, -0.05) is 0 Å². The lowest BCUT2D eigenvalue weighted by atomic mass is 10.1. The largest absolute Gasteiger partial charge is 0.462 e. The minimum absolute atomic E-state index is 0.0925. The molecule has 6 heteroatoms. The number of halogens is 2. The summed E-state index contributed by atoms with van der Waals surface area (Å²) in [7, 11) is 0. The molecular formula is C9H11F2NO2S. The summed E-state index contributed by atoms with van der Waals surface area (Å²) in [5.74, 6) is -5.26. The van der Waals surface area contributed by atoms with Gasteiger partial charge in [-0.2, -0.15) is 20.1 Å². The maximum absolute atomic E-state index is 13.4. The first kappa shape index (κ1) is 12.1. The highest BCUT2D eigenvalue weighted by Gasteiger charge is 2.47. The van der Waals surface area contributed by atoms with Gasteiger partial charge in [-0.25, -0.2) is 4.79 Å². The molecule has 1 aromatic rings. The van der Waals surface area contributed by atoms with E-state index in [2.05, 4.69) is 4.74 Å². The van der Waals surface area contributed by atoms with Crippen LogP contribution in [0.25, 0.3) is 0 Å². The van der Waals surface area contributed by atoms with E-state index in [0.717, 1.165) is 0 Å². The SMILES string of the molecule is CCOC(=O)C(F)(F)[C@@H](N)c1ccsc1. The lowest BCUT2D eigenvalue weighted by molar-refractivity contribution is -0.174. The Hall–Kier alpha value is -1.01. The summed E-state index contributed by atoms with van der Waals surface area (Å²) in [4.78, 5) is 11.0. The van der Waals surface area contributed by atoms with Crippen LogP contribution < -0.4 is 5.73 Å². The number of carbonyl (C=O) groups excluding carboxylic acids is 1. The Labute approximate surface area is 89.8 Å². The quantitative estimate of drug-likeness (QED) is 0.811. The molecule has 1 rings (SSSR count). The summed E-state index contributed by atoms with van der Waals surface area (Å²) < 4.78 is 31.0. The fourth-order valence-corrected chi connectivity index (χ4v) is 1.71. The molecule has 0 aromatic carbocycles. The first-order valence-corrected chi connectivity index (χ1v) is 5.27. The van der Waals surface area contributed by atoms with E-state index in [9.17, 15) is 13.6 Å². The second-order valence-corrected chi connectivity index (χ2v) is 3.66. The van der Waals surface area contributed by atoms with Crippen molar-refractivity contribution in [2.45, 2.75) is 18.9 Å². The third-order valence-corrected chi connectivity index (χ3v) is 2.54. The molecule has 0 spiro atoms. The van der Waals surface area contributed by atoms with Gasteiger partial charge in [0, 0.05) is 0 Å². The molecule has 0 aliphatic heterocycles. The summed E-state index contributed by atoms with van der Waals surface area (Å²) in [6.07, 6.45) is 0. The molecule has 1 atom stereocenters. The van der Waals surface area contributed by atoms with Crippen molar-refractivity contribution < 1.29 is 18.3 Å². The predicted octanol–water partition coefficient (Wildman–Crippen LogP) is 1.95. The van der Waals surface area contributed by atoms with Gasteiger partial charge in [0.2, 0.25) is 0 Å². The van der Waals surface area contributed by atoms with Gasteiger partial charge >= 0.3 is 11.9 Å². The first-order chi connectivity index (χ1) is 7.00. The maximum Gasteiger partial charge on any atom is 0.379 e. The molecule has 84 valence electrons. The summed E-state index contributed by atoms with van der Waals surface area (Å²) >= 11 is 1.24. The summed E-state index contributed by atoms with van der Waals surface area (Å²) in [5, 5.41) is 3.11. The van der Waals surface area contributed by atoms with Gasteiger partial charge < -0.3 is 10.5 Å². The second-order valence-electron chi connectivity index (χ2n) is 2.88. The van der Waals surface area contributed by atoms with E-state index in [1.54, 1.807) is 5.38 Å². The van der Waals surface area contributed by atoms with Gasteiger partial charge in [-0.15, -0.1) is 0 Å². The average Bonchev–Trinajstić information content (AvgIpc) is 2.69. The topological polar surface area (TPSA) is 52.3 Å². The van der Waals surface area contributed by atoms with E-state index < -0.39 is 17.9 Å². The molecule has 15 heavy (non-hydrogen) atoms. The zero-order chi connectivity index (χ0) is 11.5. The Kier molecular flexibility index (Phi) is 3.76. The summed E-state index contributed by atoms with van der Waals surface area (Å²) in [6, 6.07) is -0.189. The van der Waals surface area contributed by atoms with Crippen molar-refractivity contribution in [3.05, 3.63) is 22.4 Å². The Morgan fingerprint density at radius 2 is 2.40 bits per heavy atom. The van der Waals surface area contributed by atoms with Gasteiger partial charge in [0.15, 0.2) is 0 Å². The standard InChI is InChI=1S/C9H11F2NO2S/c1-2-14-8(13)9(10,11)7(12)6-3-4-15-5-6/h3-5,7H,2,12H2,1H3/t7-/m0/s1. The Morgan fingerprint density at radius 3 is 2.87 bits per heavy atom. The van der Waals surface area contributed by atoms with Crippen LogP contribution in [0.5, 0.6) is 0 Å². The third kappa shape index (κ3) is 2.51. The molecule has 1 aromatic heterocycles. The molecule has 2 N–H and O–H groups in total. The van der Waals surface area contributed by atoms with Crippen LogP contribution in [0.15, 0.2) is 16.8 Å². The van der Waals surface area contributed by atoms with Crippen molar-refractivity contribution in [2.75, 3.05) is 6.61 Å². The molecule has 0 unspecified atom stereocenters. The number of nitrogens with two attached hydrogens (primary N) is 1. The molecule has 0 aliphatic carbocycles. The van der Waals surface area contributed by atoms with Crippen molar-refractivity contribution in [3.63, 3.8) is 0 Å². The number of thiophene rings is 1. The predicted molar refractivity (Wildman–Crippen MR) is 52.8 cm³/mol. The third-order valence-electron chi connectivity index (χ3n) is 1.84. The van der Waals surface area contributed by atoms with Crippen LogP contribution in [0.1, 0.15) is 18.5 Å². The van der Waals surface area contributed by atoms with E-state index in [1.165, 1.54) is 29.7 Å². The minimum Gasteiger partial charge on any atom is -0.462 e. The normalized spacial score (nSPS) is 13.6. The van der Waals surface area contributed by atoms with E-state index in [1.807, 2.05) is 0 Å². The summed E-state index contributed by atoms with van der Waals surface area (Å²) in [5.41, 5.74) is 5.54. The molecule has 0 aliphatic rings. The highest BCUT2D eigenvalue weighted by Crippen LogP contribution is 2.31. The van der Waals surface area contributed by atoms with Crippen molar-refractivity contribution in [2.24, 2.45) is 5.73 Å². The second kappa shape index (κ2) is 4.67. The number of hydrogen-bond acceptors (Lipinski definition) is 4. The lowest BCUT2D eigenvalue weighted by Gasteiger charge is -2.20. The number of hydrogen-bond donors (Lipinski definition) is 1. The van der Waals surface area contributed by atoms with E-state index in [-0.39, 0.29) is 12.2 Å². The van der Waals surface area contributed by atoms with Gasteiger partial charge in [-0.05, 0) is 29.3 Å². The highest BCUT2D eigenvalue weighted by molar-refractivity contribution is 7.07. The maximum atomic E-state index is 13.4. The zero-order valence-corrected chi connectivity index (χ0v) is 8.89. The first-order valence-electron chi connectivity index (χ1n) is 4.32. The Morgan fingerprint density at radius 1 is 1.73 bits per heavy atom. The van der Waals surface area contributed by atoms with Gasteiger partial charge in [0.1, 0.15) is 6.04 Å². The molecule has 0 saturated heterocycles. The van der Waals surface area contributed by atoms with Crippen LogP contribution in [-0.2, 0) is 9.53 Å². The number of ether oxygens (including phenoxy) is 1. The van der Waals surface area contributed by atoms with Crippen LogP contribution in [0, 0.1) is 0 Å². The monoisotopic (exact) mass is 235 g/mol. The molecule has 3 nitrogen and oxygen atoms in total. The Bertz CT molecular complexity index is 327. The number of esters is 1. The Balaban J connectivity index is 2.81. The van der Waals surface area contributed by atoms with Crippen molar-refractivity contribution in [3.8, 4) is 0 Å². The van der Waals surface area contributed by atoms with Gasteiger partial charge in [0.05, 0.1) is 6.61 Å². The van der Waals surface area contributed by atoms with Crippen molar-refractivity contribution in [1.82, 2.24) is 0 Å². The fourth-order valence-electron chi connectivity index (χ4n) is 1.02. The van der Waals surface area contributed by atoms with Crippen LogP contribution in [0.4, 0.5) is 8.78 Å². The van der Waals surface area contributed by atoms with E-state index >= 15 is 0 Å². The molecule has 0 saturated carbocycles. The number of rotatable bonds is 4. The van der Waals surface area contributed by atoms with Crippen LogP contribution >= 0.6 is 11.3 Å². The molecule has 0 radical (unpaired) electrons. The van der Waals surface area contributed by atoms with Crippen LogP contribution in [0.2, 0.25) is 0 Å².